The van der Waals surface area contributed by atoms with Crippen LogP contribution in [0.2, 0.25) is 0 Å². The minimum Gasteiger partial charge on any atom is -0.337 e. The minimum absolute atomic E-state index is 0.0908. The predicted octanol–water partition coefficient (Wildman–Crippen LogP) is 1.48. The number of nitrogens with zero attached hydrogens (tertiary/aromatic N) is 1. The summed E-state index contributed by atoms with van der Waals surface area (Å²) in [5.41, 5.74) is 0. The highest BCUT2D eigenvalue weighted by Crippen LogP contribution is 2.34. The molecule has 1 heterocycles. The summed E-state index contributed by atoms with van der Waals surface area (Å²) in [6, 6.07) is 0.597. The molecule has 2 fully saturated rings. The molecule has 1 N–H and O–H groups in total. The Morgan fingerprint density at radius 3 is 2.94 bits per heavy atom. The largest absolute Gasteiger partial charge is 0.337 e. The Morgan fingerprint density at radius 1 is 1.44 bits per heavy atom. The van der Waals surface area contributed by atoms with Gasteiger partial charge in [-0.15, -0.1) is 0 Å². The third-order valence-corrected chi connectivity index (χ3v) is 4.97. The van der Waals surface area contributed by atoms with Gasteiger partial charge in [0.1, 0.15) is 0 Å². The quantitative estimate of drug-likeness (QED) is 0.810. The molecule has 3 nitrogen and oxygen atoms in total. The average molecular weight is 242 g/mol. The van der Waals surface area contributed by atoms with Gasteiger partial charge in [0, 0.05) is 17.8 Å². The second-order valence-electron chi connectivity index (χ2n) is 4.70. The Morgan fingerprint density at radius 2 is 2.25 bits per heavy atom. The summed E-state index contributed by atoms with van der Waals surface area (Å²) in [7, 11) is 0. The van der Waals surface area contributed by atoms with Gasteiger partial charge in [-0.25, -0.2) is 0 Å². The van der Waals surface area contributed by atoms with Crippen molar-refractivity contribution in [2.75, 3.05) is 19.3 Å². The van der Waals surface area contributed by atoms with E-state index in [0.29, 0.717) is 17.2 Å². The lowest BCUT2D eigenvalue weighted by atomic mass is 10.2. The number of carbonyl (C=O) groups is 1. The van der Waals surface area contributed by atoms with Crippen molar-refractivity contribution in [3.05, 3.63) is 0 Å². The Kier molecular flexibility index (Phi) is 4.14. The molecule has 2 rings (SSSR count). The fourth-order valence-corrected chi connectivity index (χ4v) is 4.00. The van der Waals surface area contributed by atoms with Gasteiger partial charge in [0.05, 0.1) is 6.04 Å². The van der Waals surface area contributed by atoms with E-state index in [1.54, 1.807) is 0 Å². The van der Waals surface area contributed by atoms with Crippen molar-refractivity contribution in [3.63, 3.8) is 0 Å². The van der Waals surface area contributed by atoms with E-state index in [9.17, 15) is 4.79 Å². The molecule has 1 saturated heterocycles. The minimum atomic E-state index is 0.0908. The smallest absolute Gasteiger partial charge is 0.240 e. The van der Waals surface area contributed by atoms with Crippen LogP contribution in [0.25, 0.3) is 0 Å². The molecule has 4 heteroatoms. The van der Waals surface area contributed by atoms with E-state index in [-0.39, 0.29) is 6.04 Å². The van der Waals surface area contributed by atoms with Crippen LogP contribution >= 0.6 is 11.8 Å². The number of nitrogens with one attached hydrogen (secondary N) is 1. The molecule has 1 saturated carbocycles. The maximum absolute atomic E-state index is 12.2. The first kappa shape index (κ1) is 12.2. The highest BCUT2D eigenvalue weighted by Gasteiger charge is 2.40. The topological polar surface area (TPSA) is 32.3 Å². The van der Waals surface area contributed by atoms with Crippen molar-refractivity contribution in [1.82, 2.24) is 10.2 Å². The van der Waals surface area contributed by atoms with Crippen LogP contribution in [-0.2, 0) is 4.79 Å². The van der Waals surface area contributed by atoms with Crippen LogP contribution in [0.3, 0.4) is 0 Å². The van der Waals surface area contributed by atoms with Crippen LogP contribution in [0, 0.1) is 0 Å². The van der Waals surface area contributed by atoms with Crippen molar-refractivity contribution in [2.24, 2.45) is 0 Å². The Labute approximate surface area is 102 Å². The lowest BCUT2D eigenvalue weighted by Crippen LogP contribution is -2.44. The first-order valence-electron chi connectivity index (χ1n) is 6.34. The van der Waals surface area contributed by atoms with E-state index in [2.05, 4.69) is 23.4 Å². The number of amides is 1. The van der Waals surface area contributed by atoms with E-state index in [1.807, 2.05) is 11.8 Å². The van der Waals surface area contributed by atoms with Gasteiger partial charge in [-0.2, -0.15) is 11.8 Å². The lowest BCUT2D eigenvalue weighted by Gasteiger charge is -2.28. The molecule has 0 aromatic rings. The normalized spacial score (nSPS) is 35.0. The maximum atomic E-state index is 12.2. The molecule has 92 valence electrons. The van der Waals surface area contributed by atoms with Crippen LogP contribution in [-0.4, -0.2) is 47.5 Å². The van der Waals surface area contributed by atoms with Gasteiger partial charge in [-0.3, -0.25) is 4.79 Å². The standard InChI is InChI=1S/C12H22N2OS/c1-3-13-9-7-8-14(12(9)15)10-5-4-6-11(10)16-2/h9-11,13H,3-8H2,1-2H3. The van der Waals surface area contributed by atoms with Gasteiger partial charge in [0.15, 0.2) is 0 Å². The molecule has 0 aromatic heterocycles. The van der Waals surface area contributed by atoms with Crippen molar-refractivity contribution < 1.29 is 4.79 Å². The number of likely N-dealkylation sites (tertiary alicyclic amines) is 1. The highest BCUT2D eigenvalue weighted by atomic mass is 32.2. The van der Waals surface area contributed by atoms with Gasteiger partial charge >= 0.3 is 0 Å². The van der Waals surface area contributed by atoms with Crippen LogP contribution < -0.4 is 5.32 Å². The molecule has 1 aliphatic carbocycles. The Bertz CT molecular complexity index is 259. The van der Waals surface area contributed by atoms with Crippen molar-refractivity contribution in [2.45, 2.75) is 49.9 Å². The van der Waals surface area contributed by atoms with Crippen LogP contribution in [0.15, 0.2) is 0 Å². The molecular weight excluding hydrogens is 220 g/mol. The van der Waals surface area contributed by atoms with Crippen molar-refractivity contribution in [3.8, 4) is 0 Å². The van der Waals surface area contributed by atoms with Gasteiger partial charge in [0.25, 0.3) is 0 Å². The molecule has 0 bridgehead atoms. The number of thioether (sulfide) groups is 1. The van der Waals surface area contributed by atoms with Crippen molar-refractivity contribution in [1.29, 1.82) is 0 Å². The second kappa shape index (κ2) is 5.41. The number of hydrogen-bond donors (Lipinski definition) is 1. The molecule has 2 aliphatic rings. The van der Waals surface area contributed by atoms with Gasteiger partial charge in [0.2, 0.25) is 5.91 Å². The third kappa shape index (κ3) is 2.23. The number of likely N-dealkylation sites (N-methyl/N-ethyl adjacent to an activating group) is 1. The molecule has 3 atom stereocenters. The molecule has 1 aliphatic heterocycles. The Hall–Kier alpha value is -0.220. The Balaban J connectivity index is 1.98. The lowest BCUT2D eigenvalue weighted by molar-refractivity contribution is -0.131. The van der Waals surface area contributed by atoms with Crippen LogP contribution in [0.1, 0.15) is 32.6 Å². The monoisotopic (exact) mass is 242 g/mol. The molecule has 0 aromatic carbocycles. The van der Waals surface area contributed by atoms with Crippen LogP contribution in [0.5, 0.6) is 0 Å². The van der Waals surface area contributed by atoms with Gasteiger partial charge in [-0.05, 0) is 32.1 Å². The fraction of sp³-hybridized carbons (Fsp3) is 0.917. The van der Waals surface area contributed by atoms with E-state index >= 15 is 0 Å². The summed E-state index contributed by atoms with van der Waals surface area (Å²) in [6.07, 6.45) is 6.93. The molecular formula is C12H22N2OS. The zero-order valence-corrected chi connectivity index (χ0v) is 11.1. The zero-order chi connectivity index (χ0) is 11.5. The zero-order valence-electron chi connectivity index (χ0n) is 10.2. The molecule has 3 unspecified atom stereocenters. The summed E-state index contributed by atoms with van der Waals surface area (Å²) in [5, 5.41) is 3.95. The van der Waals surface area contributed by atoms with Crippen LogP contribution in [0.4, 0.5) is 0 Å². The summed E-state index contributed by atoms with van der Waals surface area (Å²) in [4.78, 5) is 14.3. The third-order valence-electron chi connectivity index (χ3n) is 3.81. The molecule has 1 amide bonds. The highest BCUT2D eigenvalue weighted by molar-refractivity contribution is 7.99. The second-order valence-corrected chi connectivity index (χ2v) is 5.78. The van der Waals surface area contributed by atoms with E-state index in [1.165, 1.54) is 19.3 Å². The predicted molar refractivity (Wildman–Crippen MR) is 68.7 cm³/mol. The summed E-state index contributed by atoms with van der Waals surface area (Å²) >= 11 is 1.93. The van der Waals surface area contributed by atoms with Gasteiger partial charge in [-0.1, -0.05) is 13.3 Å². The van der Waals surface area contributed by atoms with E-state index in [4.69, 9.17) is 0 Å². The van der Waals surface area contributed by atoms with E-state index in [0.717, 1.165) is 19.5 Å². The maximum Gasteiger partial charge on any atom is 0.240 e. The first-order valence-corrected chi connectivity index (χ1v) is 7.63. The molecule has 0 spiro atoms. The molecule has 16 heavy (non-hydrogen) atoms. The number of hydrogen-bond acceptors (Lipinski definition) is 3. The van der Waals surface area contributed by atoms with Gasteiger partial charge < -0.3 is 10.2 Å². The number of rotatable bonds is 4. The molecule has 0 radical (unpaired) electrons. The summed E-state index contributed by atoms with van der Waals surface area (Å²) in [5.74, 6) is 0.341. The summed E-state index contributed by atoms with van der Waals surface area (Å²) in [6.45, 7) is 3.91. The SMILES string of the molecule is CCNC1CCN(C2CCCC2SC)C1=O. The fourth-order valence-electron chi connectivity index (χ4n) is 3.00. The first-order chi connectivity index (χ1) is 7.77. The van der Waals surface area contributed by atoms with E-state index < -0.39 is 0 Å². The van der Waals surface area contributed by atoms with Crippen molar-refractivity contribution >= 4 is 17.7 Å². The average Bonchev–Trinajstić information content (AvgIpc) is 2.87. The summed E-state index contributed by atoms with van der Waals surface area (Å²) < 4.78 is 0. The number of carbonyl (C=O) groups excluding carboxylic acids is 1.